The maximum absolute atomic E-state index is 8.74. The van der Waals surface area contributed by atoms with Crippen LogP contribution in [-0.4, -0.2) is 24.7 Å². The number of rotatable bonds is 1. The van der Waals surface area contributed by atoms with Crippen LogP contribution in [0.15, 0.2) is 9.81 Å². The lowest BCUT2D eigenvalue weighted by molar-refractivity contribution is 0.142. The van der Waals surface area contributed by atoms with Gasteiger partial charge in [0.25, 0.3) is 0 Å². The number of nitriles is 2. The number of hydrogen-bond donors (Lipinski definition) is 0. The minimum absolute atomic E-state index is 0.129. The third kappa shape index (κ3) is 2.67. The third-order valence-corrected chi connectivity index (χ3v) is 3.94. The number of methoxy groups -OCH3 is 1. The topological polar surface area (TPSA) is 56.8 Å². The smallest absolute Gasteiger partial charge is 0.109 e. The maximum Gasteiger partial charge on any atom is 0.109 e. The Morgan fingerprint density at radius 2 is 1.69 bits per heavy atom. The molecule has 0 bridgehead atoms. The molecule has 0 amide bonds. The number of nitrogens with zero attached hydrogens (tertiary/aromatic N) is 2. The second-order valence-corrected chi connectivity index (χ2v) is 4.42. The zero-order chi connectivity index (χ0) is 9.68. The monoisotopic (exact) mass is 212 g/mol. The Kier molecular flexibility index (Phi) is 4.17. The molecule has 0 N–H and O–H groups in total. The Labute approximate surface area is 85.7 Å². The Hall–Kier alpha value is -0.620. The second-order valence-electron chi connectivity index (χ2n) is 2.36. The molecule has 1 aliphatic rings. The van der Waals surface area contributed by atoms with E-state index in [1.165, 1.54) is 23.5 Å². The summed E-state index contributed by atoms with van der Waals surface area (Å²) in [5.74, 6) is 1.50. The third-order valence-electron chi connectivity index (χ3n) is 1.57. The van der Waals surface area contributed by atoms with E-state index in [0.29, 0.717) is 9.81 Å². The van der Waals surface area contributed by atoms with Crippen molar-refractivity contribution in [2.75, 3.05) is 18.6 Å². The summed E-state index contributed by atoms with van der Waals surface area (Å²) in [6.07, 6.45) is 0.129. The van der Waals surface area contributed by atoms with Crippen LogP contribution in [0.3, 0.4) is 0 Å². The summed E-state index contributed by atoms with van der Waals surface area (Å²) in [6, 6.07) is 4.07. The Bertz CT molecular complexity index is 272. The van der Waals surface area contributed by atoms with E-state index >= 15 is 0 Å². The highest BCUT2D eigenvalue weighted by Gasteiger charge is 2.18. The lowest BCUT2D eigenvalue weighted by atomic mass is 10.5. The summed E-state index contributed by atoms with van der Waals surface area (Å²) in [5.41, 5.74) is 0. The lowest BCUT2D eigenvalue weighted by Crippen LogP contribution is -2.15. The molecule has 5 heteroatoms. The molecule has 1 heterocycles. The van der Waals surface area contributed by atoms with Crippen LogP contribution in [0.1, 0.15) is 0 Å². The molecule has 0 spiro atoms. The van der Waals surface area contributed by atoms with Gasteiger partial charge in [-0.05, 0) is 0 Å². The highest BCUT2D eigenvalue weighted by molar-refractivity contribution is 8.07. The zero-order valence-electron chi connectivity index (χ0n) is 7.11. The van der Waals surface area contributed by atoms with Crippen molar-refractivity contribution in [1.29, 1.82) is 10.5 Å². The SMILES string of the molecule is COC1CSC(C#N)=C(C#N)SC1. The Morgan fingerprint density at radius 3 is 2.00 bits per heavy atom. The van der Waals surface area contributed by atoms with Gasteiger partial charge in [0.2, 0.25) is 0 Å². The molecular weight excluding hydrogens is 204 g/mol. The predicted octanol–water partition coefficient (Wildman–Crippen LogP) is 1.74. The van der Waals surface area contributed by atoms with Crippen molar-refractivity contribution in [3.63, 3.8) is 0 Å². The van der Waals surface area contributed by atoms with Crippen molar-refractivity contribution in [2.24, 2.45) is 0 Å². The van der Waals surface area contributed by atoms with Gasteiger partial charge >= 0.3 is 0 Å². The first-order valence-corrected chi connectivity index (χ1v) is 5.61. The van der Waals surface area contributed by atoms with Gasteiger partial charge in [0.1, 0.15) is 21.9 Å². The van der Waals surface area contributed by atoms with E-state index in [1.54, 1.807) is 7.11 Å². The molecule has 0 unspecified atom stereocenters. The molecule has 68 valence electrons. The van der Waals surface area contributed by atoms with E-state index in [9.17, 15) is 0 Å². The summed E-state index contributed by atoms with van der Waals surface area (Å²) >= 11 is 2.80. The van der Waals surface area contributed by atoms with E-state index in [4.69, 9.17) is 15.3 Å². The van der Waals surface area contributed by atoms with Gasteiger partial charge in [-0.2, -0.15) is 10.5 Å². The molecule has 1 rings (SSSR count). The summed E-state index contributed by atoms with van der Waals surface area (Å²) in [5, 5.41) is 17.5. The Morgan fingerprint density at radius 1 is 1.23 bits per heavy atom. The van der Waals surface area contributed by atoms with E-state index in [1.807, 2.05) is 12.1 Å². The number of hydrogen-bond acceptors (Lipinski definition) is 5. The predicted molar refractivity (Wildman–Crippen MR) is 54.0 cm³/mol. The van der Waals surface area contributed by atoms with Crippen LogP contribution < -0.4 is 0 Å². The fraction of sp³-hybridized carbons (Fsp3) is 0.500. The molecule has 0 fully saturated rings. The number of thioether (sulfide) groups is 2. The van der Waals surface area contributed by atoms with Crippen molar-refractivity contribution < 1.29 is 4.74 Å². The van der Waals surface area contributed by atoms with Crippen LogP contribution in [0, 0.1) is 22.7 Å². The minimum Gasteiger partial charge on any atom is -0.380 e. The van der Waals surface area contributed by atoms with Gasteiger partial charge in [0.05, 0.1) is 6.10 Å². The molecule has 0 aliphatic carbocycles. The number of allylic oxidation sites excluding steroid dienone is 2. The van der Waals surface area contributed by atoms with E-state index in [-0.39, 0.29) is 6.10 Å². The number of ether oxygens (including phenoxy) is 1. The summed E-state index contributed by atoms with van der Waals surface area (Å²) < 4.78 is 5.17. The molecule has 0 saturated carbocycles. The van der Waals surface area contributed by atoms with E-state index in [2.05, 4.69) is 0 Å². The van der Waals surface area contributed by atoms with Gasteiger partial charge in [0, 0.05) is 18.6 Å². The maximum atomic E-state index is 8.74. The van der Waals surface area contributed by atoms with Crippen molar-refractivity contribution in [3.8, 4) is 12.1 Å². The van der Waals surface area contributed by atoms with Crippen LogP contribution in [0.2, 0.25) is 0 Å². The van der Waals surface area contributed by atoms with Gasteiger partial charge in [-0.15, -0.1) is 23.5 Å². The fourth-order valence-electron chi connectivity index (χ4n) is 0.834. The molecule has 0 saturated heterocycles. The molecule has 1 aliphatic heterocycles. The van der Waals surface area contributed by atoms with Crippen LogP contribution in [0.25, 0.3) is 0 Å². The van der Waals surface area contributed by atoms with Gasteiger partial charge in [-0.3, -0.25) is 0 Å². The first-order valence-electron chi connectivity index (χ1n) is 3.64. The average molecular weight is 212 g/mol. The van der Waals surface area contributed by atoms with Crippen molar-refractivity contribution in [3.05, 3.63) is 9.81 Å². The molecule has 0 aromatic rings. The highest BCUT2D eigenvalue weighted by atomic mass is 32.2. The fourth-order valence-corrected chi connectivity index (χ4v) is 3.03. The summed E-state index contributed by atoms with van der Waals surface area (Å²) in [7, 11) is 1.65. The normalized spacial score (nSPS) is 19.0. The molecule has 0 aromatic heterocycles. The van der Waals surface area contributed by atoms with E-state index in [0.717, 1.165) is 11.5 Å². The second kappa shape index (κ2) is 5.18. The van der Waals surface area contributed by atoms with Crippen molar-refractivity contribution in [1.82, 2.24) is 0 Å². The molecule has 0 aromatic carbocycles. The van der Waals surface area contributed by atoms with Gasteiger partial charge < -0.3 is 4.74 Å². The lowest BCUT2D eigenvalue weighted by Gasteiger charge is -2.09. The highest BCUT2D eigenvalue weighted by Crippen LogP contribution is 2.32. The molecule has 13 heavy (non-hydrogen) atoms. The molecule has 0 radical (unpaired) electrons. The van der Waals surface area contributed by atoms with Crippen LogP contribution in [-0.2, 0) is 4.74 Å². The summed E-state index contributed by atoms with van der Waals surface area (Å²) in [4.78, 5) is 1.04. The zero-order valence-corrected chi connectivity index (χ0v) is 8.74. The largest absolute Gasteiger partial charge is 0.380 e. The molecular formula is C8H8N2OS2. The van der Waals surface area contributed by atoms with E-state index < -0.39 is 0 Å². The van der Waals surface area contributed by atoms with Gasteiger partial charge in [0.15, 0.2) is 0 Å². The van der Waals surface area contributed by atoms with Crippen LogP contribution >= 0.6 is 23.5 Å². The van der Waals surface area contributed by atoms with Crippen molar-refractivity contribution in [2.45, 2.75) is 6.10 Å². The minimum atomic E-state index is 0.129. The summed E-state index contributed by atoms with van der Waals surface area (Å²) in [6.45, 7) is 0. The first-order chi connectivity index (χ1) is 6.31. The standard InChI is InChI=1S/C8H8N2OS2/c1-11-6-4-12-7(2-9)8(3-10)13-5-6/h6H,4-5H2,1H3. The first kappa shape index (κ1) is 10.5. The van der Waals surface area contributed by atoms with Gasteiger partial charge in [-0.1, -0.05) is 0 Å². The quantitative estimate of drug-likeness (QED) is 0.662. The van der Waals surface area contributed by atoms with Crippen molar-refractivity contribution >= 4 is 23.5 Å². The van der Waals surface area contributed by atoms with Gasteiger partial charge in [-0.25, -0.2) is 0 Å². The average Bonchev–Trinajstić information content (AvgIpc) is 2.38. The van der Waals surface area contributed by atoms with Crippen LogP contribution in [0.4, 0.5) is 0 Å². The Balaban J connectivity index is 2.75. The molecule has 0 atom stereocenters. The van der Waals surface area contributed by atoms with Crippen LogP contribution in [0.5, 0.6) is 0 Å². The molecule has 3 nitrogen and oxygen atoms in total.